The molecule has 0 bridgehead atoms. The van der Waals surface area contributed by atoms with E-state index in [1.165, 1.54) is 25.6 Å². The molecule has 0 radical (unpaired) electrons. The molecular weight excluding hydrogens is 1790 g/mol. The molecule has 43 nitrogen and oxygen atoms in total. The van der Waals surface area contributed by atoms with E-state index < -0.39 is 260 Å². The van der Waals surface area contributed by atoms with Gasteiger partial charge in [0.15, 0.2) is 11.6 Å². The second-order valence-corrected chi connectivity index (χ2v) is 35.3. The van der Waals surface area contributed by atoms with Crippen molar-refractivity contribution in [2.75, 3.05) is 125 Å². The highest BCUT2D eigenvalue weighted by Gasteiger charge is 2.45. The number of hydrogen-bond donors (Lipinski definition) is 6. The number of amides is 3. The van der Waals surface area contributed by atoms with Crippen molar-refractivity contribution in [1.82, 2.24) is 16.0 Å². The number of carbonyl (C=O) groups is 15. The predicted octanol–water partition coefficient (Wildman–Crippen LogP) is 2.18. The third-order valence-corrected chi connectivity index (χ3v) is 16.9. The van der Waals surface area contributed by atoms with Crippen molar-refractivity contribution in [2.24, 2.45) is 47.8 Å². The zero-order valence-corrected chi connectivity index (χ0v) is 74.2. The summed E-state index contributed by atoms with van der Waals surface area (Å²) in [5.74, 6) is 1.29. The first-order valence-corrected chi connectivity index (χ1v) is 40.4. The fraction of sp³-hybridized carbons (Fsp3) is 0.716. The number of esters is 12. The molecule has 2 aliphatic rings. The Labute approximate surface area is 719 Å². The molecule has 2 aliphatic heterocycles. The van der Waals surface area contributed by atoms with E-state index in [-0.39, 0.29) is 89.6 Å². The zero-order valence-electron chi connectivity index (χ0n) is 69.5. The summed E-state index contributed by atoms with van der Waals surface area (Å²) in [6.07, 6.45) is -2.26. The van der Waals surface area contributed by atoms with E-state index in [1.54, 1.807) is 69.2 Å². The Hall–Kier alpha value is -9.25. The molecule has 2 fully saturated rings. The highest BCUT2D eigenvalue weighted by molar-refractivity contribution is 9.10. The molecule has 120 heavy (non-hydrogen) atoms. The Kier molecular flexibility index (Phi) is 48.2. The highest BCUT2D eigenvalue weighted by Crippen LogP contribution is 2.27. The Morgan fingerprint density at radius 2 is 0.617 bits per heavy atom. The molecule has 0 aromatic rings. The van der Waals surface area contributed by atoms with Gasteiger partial charge in [0.25, 0.3) is 0 Å². The summed E-state index contributed by atoms with van der Waals surface area (Å²) in [5.41, 5.74) is -5.23. The smallest absolute Gasteiger partial charge is 0.322 e. The summed E-state index contributed by atoms with van der Waals surface area (Å²) >= 11 is 9.65. The van der Waals surface area contributed by atoms with Gasteiger partial charge in [-0.1, -0.05) is 47.8 Å². The van der Waals surface area contributed by atoms with E-state index in [2.05, 4.69) is 94.0 Å². The summed E-state index contributed by atoms with van der Waals surface area (Å²) in [4.78, 5) is 208. The van der Waals surface area contributed by atoms with Crippen molar-refractivity contribution in [3.05, 3.63) is 0 Å². The Bertz CT molecular complexity index is 3460. The lowest BCUT2D eigenvalue weighted by Crippen LogP contribution is -2.63. The van der Waals surface area contributed by atoms with E-state index in [0.717, 1.165) is 0 Å². The average Bonchev–Trinajstić information content (AvgIpc) is 0.814. The van der Waals surface area contributed by atoms with Gasteiger partial charge in [0.05, 0.1) is 111 Å². The minimum absolute atomic E-state index is 0.0137. The molecule has 0 aromatic heterocycles. The first kappa shape index (κ1) is 107. The lowest BCUT2D eigenvalue weighted by Gasteiger charge is -2.43. The first-order chi connectivity index (χ1) is 56.2. The number of aliphatic imine (C=N–C) groups is 3. The molecule has 676 valence electrons. The molecule has 9 N–H and O–H groups in total. The molecular formula is C74H113Br3N12O31. The molecule has 2 heterocycles. The van der Waals surface area contributed by atoms with Crippen LogP contribution in [-0.4, -0.2) is 292 Å². The van der Waals surface area contributed by atoms with Crippen LogP contribution in [0.4, 0.5) is 0 Å². The van der Waals surface area contributed by atoms with Gasteiger partial charge in [0.2, 0.25) is 17.7 Å². The summed E-state index contributed by atoms with van der Waals surface area (Å²) < 4.78 is 84.4. The van der Waals surface area contributed by atoms with Crippen LogP contribution in [0.1, 0.15) is 172 Å². The number of carbonyl (C=O) groups excluding carboxylic acids is 15. The van der Waals surface area contributed by atoms with Gasteiger partial charge in [0, 0.05) is 76.8 Å². The summed E-state index contributed by atoms with van der Waals surface area (Å²) in [6.45, 7) is 11.8. The van der Waals surface area contributed by atoms with Crippen molar-refractivity contribution in [1.29, 1.82) is 0 Å². The van der Waals surface area contributed by atoms with Crippen LogP contribution in [0.25, 0.3) is 0 Å². The quantitative estimate of drug-likeness (QED) is 0.00966. The molecule has 2 rings (SSSR count). The molecule has 0 atom stereocenters. The highest BCUT2D eigenvalue weighted by atomic mass is 79.9. The maximum Gasteiger partial charge on any atom is 0.322 e. The average molecular weight is 1910 g/mol. The third-order valence-electron chi connectivity index (χ3n) is 15.9. The predicted molar refractivity (Wildman–Crippen MR) is 435 cm³/mol. The number of halogens is 3. The minimum atomic E-state index is -2.29. The number of ether oxygens (including phenoxy) is 16. The zero-order chi connectivity index (χ0) is 90.2. The summed E-state index contributed by atoms with van der Waals surface area (Å²) in [6, 6.07) is 0. The molecule has 2 saturated heterocycles. The van der Waals surface area contributed by atoms with E-state index >= 15 is 0 Å². The van der Waals surface area contributed by atoms with E-state index in [1.807, 2.05) is 0 Å². The van der Waals surface area contributed by atoms with E-state index in [4.69, 9.17) is 93.3 Å². The molecule has 3 amide bonds. The van der Waals surface area contributed by atoms with Crippen LogP contribution < -0.4 is 33.5 Å². The number of hydrogen-bond acceptors (Lipinski definition) is 40. The first-order valence-electron chi connectivity index (χ1n) is 38.0. The second-order valence-electron chi connectivity index (χ2n) is 29.4. The number of nitrogens with one attached hydrogen (secondary N) is 3. The van der Waals surface area contributed by atoms with Gasteiger partial charge in [-0.2, -0.15) is 15.3 Å². The largest absolute Gasteiger partial charge is 0.466 e. The van der Waals surface area contributed by atoms with E-state index in [9.17, 15) is 71.9 Å². The lowest BCUT2D eigenvalue weighted by molar-refractivity contribution is -0.275. The SMILES string of the molecule is CCOC(=O)CCC(=O)OCC(COC(=O)CCC(=O)OCC1(NC(=O)CCC(=O)OCC(C=NCCCOC(=O)C(C)(C)Br)=NN)COC(C)(C)OC1)(COC(=O)CCC(=O)OCC1(NC(=O)CCC(=O)OCC(C=NCCCOC(=O)C(C)(C)Br)=NN)COC(C)(C)OC1)NC(=O)CCC(=O)OCC(C=NCCCOC(=O)C(C)(C)Br)=NN. The molecule has 0 saturated carbocycles. The van der Waals surface area contributed by atoms with Crippen LogP contribution in [0.3, 0.4) is 0 Å². The van der Waals surface area contributed by atoms with Gasteiger partial charge < -0.3 is 109 Å². The molecule has 0 aromatic carbocycles. The van der Waals surface area contributed by atoms with Crippen LogP contribution in [0.5, 0.6) is 0 Å². The van der Waals surface area contributed by atoms with Crippen molar-refractivity contribution < 1.29 is 148 Å². The number of rotatable bonds is 56. The van der Waals surface area contributed by atoms with Gasteiger partial charge in [-0.15, -0.1) is 0 Å². The summed E-state index contributed by atoms with van der Waals surface area (Å²) in [7, 11) is 0. The van der Waals surface area contributed by atoms with E-state index in [0.29, 0.717) is 19.3 Å². The van der Waals surface area contributed by atoms with Crippen LogP contribution in [0.2, 0.25) is 0 Å². The standard InChI is InChI=1S/C74H113Br3N12O31/c1-12-105-55(93)22-23-59(97)112-40-72(84-52(90)16-19-56(94)109-37-49(87-78)34-81-28-13-31-106-64(102)67(2,3)75,41-113-60(98)24-26-62(100)115-43-73(45-117-70(8,9)118-46-73)85-53(91)17-20-57(95)110-38-50(88-79)35-82-29-14-32-107-65(103)68(4,5)76)42-114-61(99)25-27-63(101)116-44-74(47-119-71(10,11)120-48-74)86-54(92)18-21-58(96)111-39-51(89-80)36-83-30-15-33-108-66(104)69(6,7)77/h34-36H,12-33,37-48,78-80H2,1-11H3,(H,84,90)(H,85,91)(H,86,92). The third kappa shape index (κ3) is 47.7. The van der Waals surface area contributed by atoms with Crippen LogP contribution in [-0.2, 0) is 148 Å². The minimum Gasteiger partial charge on any atom is -0.466 e. The molecule has 0 unspecified atom stereocenters. The normalized spacial score (nSPS) is 15.8. The van der Waals surface area contributed by atoms with Gasteiger partial charge in [-0.25, -0.2) is 0 Å². The second kappa shape index (κ2) is 54.2. The van der Waals surface area contributed by atoms with Crippen molar-refractivity contribution in [3.63, 3.8) is 0 Å². The van der Waals surface area contributed by atoms with Crippen molar-refractivity contribution >= 4 is 173 Å². The molecule has 46 heteroatoms. The van der Waals surface area contributed by atoms with Crippen LogP contribution in [0.15, 0.2) is 30.3 Å². The fourth-order valence-corrected chi connectivity index (χ4v) is 9.39. The Balaban J connectivity index is 2.33. The van der Waals surface area contributed by atoms with Gasteiger partial charge in [-0.05, 0) is 76.2 Å². The maximum atomic E-state index is 14.0. The Morgan fingerprint density at radius 3 is 0.883 bits per heavy atom. The van der Waals surface area contributed by atoms with Crippen molar-refractivity contribution in [2.45, 2.75) is 214 Å². The maximum absolute atomic E-state index is 14.0. The topological polar surface area (TPSA) is 592 Å². The fourth-order valence-electron chi connectivity index (χ4n) is 9.04. The molecule has 0 aliphatic carbocycles. The lowest BCUT2D eigenvalue weighted by atomic mass is 10.0. The van der Waals surface area contributed by atoms with Crippen molar-refractivity contribution in [3.8, 4) is 0 Å². The monoisotopic (exact) mass is 1900 g/mol. The number of hydrazone groups is 3. The van der Waals surface area contributed by atoms with Gasteiger partial charge >= 0.3 is 71.6 Å². The van der Waals surface area contributed by atoms with Gasteiger partial charge in [0.1, 0.15) is 99.6 Å². The summed E-state index contributed by atoms with van der Waals surface area (Å²) in [5, 5.41) is 18.5. The number of alkyl halides is 3. The van der Waals surface area contributed by atoms with Crippen LogP contribution >= 0.6 is 47.8 Å². The van der Waals surface area contributed by atoms with Crippen LogP contribution in [0, 0.1) is 0 Å². The Morgan fingerprint density at radius 1 is 0.367 bits per heavy atom. The number of nitrogens with two attached hydrogens (primary N) is 3. The molecule has 0 spiro atoms. The number of nitrogens with zero attached hydrogens (tertiary/aromatic N) is 6. The van der Waals surface area contributed by atoms with Gasteiger partial charge in [-0.3, -0.25) is 86.9 Å².